The first-order valence-electron chi connectivity index (χ1n) is 6.66. The lowest BCUT2D eigenvalue weighted by molar-refractivity contribution is -0.137. The van der Waals surface area contributed by atoms with E-state index in [1.54, 1.807) is 6.26 Å². The second-order valence-corrected chi connectivity index (χ2v) is 7.65. The zero-order valence-electron chi connectivity index (χ0n) is 12.7. The third-order valence-corrected chi connectivity index (χ3v) is 3.37. The standard InChI is InChI=1S/C13H26N2O4S/c1-13(2,3)9-10(8-11(16)17)15-12(18)14-6-5-7-20(4)19/h10H,5-9H2,1-4H3,(H,16,17)(H2,14,15,18). The Hall–Kier alpha value is -1.11. The Kier molecular flexibility index (Phi) is 8.45. The van der Waals surface area contributed by atoms with Crippen molar-refractivity contribution in [3.05, 3.63) is 0 Å². The maximum absolute atomic E-state index is 11.7. The van der Waals surface area contributed by atoms with Crippen LogP contribution < -0.4 is 10.6 Å². The molecule has 2 unspecified atom stereocenters. The summed E-state index contributed by atoms with van der Waals surface area (Å²) in [5, 5.41) is 14.2. The highest BCUT2D eigenvalue weighted by Gasteiger charge is 2.22. The Morgan fingerprint density at radius 1 is 1.30 bits per heavy atom. The fourth-order valence-corrected chi connectivity index (χ4v) is 2.39. The van der Waals surface area contributed by atoms with Gasteiger partial charge in [-0.3, -0.25) is 9.00 Å². The minimum absolute atomic E-state index is 0.0630. The molecule has 0 radical (unpaired) electrons. The largest absolute Gasteiger partial charge is 0.481 e. The van der Waals surface area contributed by atoms with Crippen molar-refractivity contribution in [3.8, 4) is 0 Å². The quantitative estimate of drug-likeness (QED) is 0.590. The van der Waals surface area contributed by atoms with Crippen LogP contribution in [0.25, 0.3) is 0 Å². The molecule has 6 nitrogen and oxygen atoms in total. The number of hydrogen-bond acceptors (Lipinski definition) is 3. The van der Waals surface area contributed by atoms with E-state index in [4.69, 9.17) is 5.11 Å². The number of carbonyl (C=O) groups is 2. The second-order valence-electron chi connectivity index (χ2n) is 6.09. The number of nitrogens with one attached hydrogen (secondary N) is 2. The van der Waals surface area contributed by atoms with Crippen molar-refractivity contribution in [1.82, 2.24) is 10.6 Å². The Morgan fingerprint density at radius 2 is 1.90 bits per heavy atom. The van der Waals surface area contributed by atoms with Crippen LogP contribution in [0.5, 0.6) is 0 Å². The van der Waals surface area contributed by atoms with E-state index >= 15 is 0 Å². The van der Waals surface area contributed by atoms with Crippen LogP contribution in [-0.4, -0.2) is 45.9 Å². The number of urea groups is 1. The summed E-state index contributed by atoms with van der Waals surface area (Å²) < 4.78 is 10.9. The summed E-state index contributed by atoms with van der Waals surface area (Å²) in [7, 11) is -0.862. The van der Waals surface area contributed by atoms with Gasteiger partial charge < -0.3 is 15.7 Å². The van der Waals surface area contributed by atoms with Crippen molar-refractivity contribution < 1.29 is 18.9 Å². The lowest BCUT2D eigenvalue weighted by atomic mass is 9.87. The molecule has 0 heterocycles. The number of carbonyl (C=O) groups excluding carboxylic acids is 1. The molecule has 0 fully saturated rings. The fraction of sp³-hybridized carbons (Fsp3) is 0.846. The first-order chi connectivity index (χ1) is 9.10. The third-order valence-electron chi connectivity index (χ3n) is 2.51. The molecule has 7 heteroatoms. The molecular formula is C13H26N2O4S. The summed E-state index contributed by atoms with van der Waals surface area (Å²) in [5.74, 6) is -0.387. The molecule has 0 rings (SSSR count). The van der Waals surface area contributed by atoms with Crippen LogP contribution in [0.2, 0.25) is 0 Å². The molecular weight excluding hydrogens is 280 g/mol. The number of carboxylic acids is 1. The lowest BCUT2D eigenvalue weighted by Crippen LogP contribution is -2.44. The minimum Gasteiger partial charge on any atom is -0.481 e. The molecule has 3 N–H and O–H groups in total. The summed E-state index contributed by atoms with van der Waals surface area (Å²) in [6, 6.07) is -0.768. The molecule has 2 amide bonds. The Balaban J connectivity index is 4.18. The highest BCUT2D eigenvalue weighted by Crippen LogP contribution is 2.22. The van der Waals surface area contributed by atoms with E-state index in [9.17, 15) is 13.8 Å². The van der Waals surface area contributed by atoms with Gasteiger partial charge in [-0.05, 0) is 18.3 Å². The summed E-state index contributed by atoms with van der Waals surface area (Å²) >= 11 is 0. The summed E-state index contributed by atoms with van der Waals surface area (Å²) in [6.45, 7) is 6.43. The summed E-state index contributed by atoms with van der Waals surface area (Å²) in [4.78, 5) is 22.5. The number of aliphatic carboxylic acids is 1. The van der Waals surface area contributed by atoms with Gasteiger partial charge in [0, 0.05) is 35.4 Å². The van der Waals surface area contributed by atoms with E-state index in [-0.39, 0.29) is 17.9 Å². The van der Waals surface area contributed by atoms with Gasteiger partial charge in [-0.2, -0.15) is 0 Å². The van der Waals surface area contributed by atoms with Crippen LogP contribution in [-0.2, 0) is 15.6 Å². The van der Waals surface area contributed by atoms with Gasteiger partial charge in [-0.15, -0.1) is 0 Å². The highest BCUT2D eigenvalue weighted by atomic mass is 32.2. The maximum Gasteiger partial charge on any atom is 0.315 e. The lowest BCUT2D eigenvalue weighted by Gasteiger charge is -2.25. The number of amides is 2. The van der Waals surface area contributed by atoms with Gasteiger partial charge in [0.15, 0.2) is 0 Å². The topological polar surface area (TPSA) is 95.5 Å². The monoisotopic (exact) mass is 306 g/mol. The molecule has 0 aromatic heterocycles. The van der Waals surface area contributed by atoms with Crippen molar-refractivity contribution in [1.29, 1.82) is 0 Å². The van der Waals surface area contributed by atoms with Crippen LogP contribution in [0.3, 0.4) is 0 Å². The molecule has 0 aliphatic heterocycles. The molecule has 118 valence electrons. The molecule has 2 atom stereocenters. The van der Waals surface area contributed by atoms with E-state index < -0.39 is 22.8 Å². The summed E-state index contributed by atoms with van der Waals surface area (Å²) in [6.07, 6.45) is 2.75. The number of carboxylic acid groups (broad SMARTS) is 1. The molecule has 0 aromatic carbocycles. The van der Waals surface area contributed by atoms with Gasteiger partial charge in [0.05, 0.1) is 6.42 Å². The van der Waals surface area contributed by atoms with Crippen LogP contribution in [0.1, 0.15) is 40.0 Å². The molecule has 20 heavy (non-hydrogen) atoms. The summed E-state index contributed by atoms with van der Waals surface area (Å²) in [5.41, 5.74) is -0.0630. The van der Waals surface area contributed by atoms with Crippen LogP contribution >= 0.6 is 0 Å². The molecule has 0 aliphatic carbocycles. The van der Waals surface area contributed by atoms with Gasteiger partial charge in [-0.1, -0.05) is 20.8 Å². The normalized spacial score (nSPS) is 14.4. The number of rotatable bonds is 8. The van der Waals surface area contributed by atoms with E-state index in [1.807, 2.05) is 20.8 Å². The van der Waals surface area contributed by atoms with Gasteiger partial charge in [0.2, 0.25) is 0 Å². The zero-order chi connectivity index (χ0) is 15.8. The van der Waals surface area contributed by atoms with E-state index in [1.165, 1.54) is 0 Å². The van der Waals surface area contributed by atoms with Crippen molar-refractivity contribution >= 4 is 22.8 Å². The van der Waals surface area contributed by atoms with Gasteiger partial charge in [0.1, 0.15) is 0 Å². The smallest absolute Gasteiger partial charge is 0.315 e. The minimum atomic E-state index is -0.930. The maximum atomic E-state index is 11.7. The van der Waals surface area contributed by atoms with Crippen LogP contribution in [0, 0.1) is 5.41 Å². The van der Waals surface area contributed by atoms with Crippen molar-refractivity contribution in [3.63, 3.8) is 0 Å². The second kappa shape index (κ2) is 8.94. The Bertz CT molecular complexity index is 353. The highest BCUT2D eigenvalue weighted by molar-refractivity contribution is 7.84. The average molecular weight is 306 g/mol. The average Bonchev–Trinajstić information content (AvgIpc) is 2.20. The molecule has 0 aromatic rings. The van der Waals surface area contributed by atoms with Gasteiger partial charge in [-0.25, -0.2) is 4.79 Å². The van der Waals surface area contributed by atoms with E-state index in [0.717, 1.165) is 0 Å². The van der Waals surface area contributed by atoms with Crippen molar-refractivity contribution in [2.75, 3.05) is 18.6 Å². The van der Waals surface area contributed by atoms with Gasteiger partial charge >= 0.3 is 12.0 Å². The number of hydrogen-bond donors (Lipinski definition) is 3. The first-order valence-corrected chi connectivity index (χ1v) is 8.39. The molecule has 0 aliphatic rings. The third kappa shape index (κ3) is 12.0. The van der Waals surface area contributed by atoms with E-state index in [0.29, 0.717) is 25.1 Å². The fourth-order valence-electron chi connectivity index (χ4n) is 1.84. The van der Waals surface area contributed by atoms with Crippen LogP contribution in [0.4, 0.5) is 4.79 Å². The predicted molar refractivity (Wildman–Crippen MR) is 80.2 cm³/mol. The molecule has 0 saturated heterocycles. The predicted octanol–water partition coefficient (Wildman–Crippen LogP) is 1.33. The van der Waals surface area contributed by atoms with Crippen molar-refractivity contribution in [2.24, 2.45) is 5.41 Å². The molecule has 0 bridgehead atoms. The van der Waals surface area contributed by atoms with Crippen LogP contribution in [0.15, 0.2) is 0 Å². The SMILES string of the molecule is CS(=O)CCCNC(=O)NC(CC(=O)O)CC(C)(C)C. The zero-order valence-corrected chi connectivity index (χ0v) is 13.5. The van der Waals surface area contributed by atoms with Gasteiger partial charge in [0.25, 0.3) is 0 Å². The Morgan fingerprint density at radius 3 is 2.35 bits per heavy atom. The van der Waals surface area contributed by atoms with E-state index in [2.05, 4.69) is 10.6 Å². The van der Waals surface area contributed by atoms with Crippen molar-refractivity contribution in [2.45, 2.75) is 46.1 Å². The first kappa shape index (κ1) is 18.9. The molecule has 0 spiro atoms. The Labute approximate surface area is 123 Å². The molecule has 0 saturated carbocycles.